The zero-order chi connectivity index (χ0) is 14.7. The Bertz CT molecular complexity index is 505. The van der Waals surface area contributed by atoms with Gasteiger partial charge in [0, 0.05) is 10.1 Å². The number of carbonyl (C=O) groups excluding carboxylic acids is 1. The van der Waals surface area contributed by atoms with Crippen molar-refractivity contribution in [2.75, 3.05) is 25.0 Å². The molecule has 0 radical (unpaired) electrons. The summed E-state index contributed by atoms with van der Waals surface area (Å²) in [7, 11) is 0. The van der Waals surface area contributed by atoms with Gasteiger partial charge in [0.05, 0.1) is 12.2 Å². The van der Waals surface area contributed by atoms with E-state index in [-0.39, 0.29) is 5.91 Å². The van der Waals surface area contributed by atoms with Crippen LogP contribution in [0, 0.1) is 15.4 Å². The number of piperidine rings is 1. The molecule has 1 aliphatic carbocycles. The normalized spacial score (nSPS) is 26.1. The lowest BCUT2D eigenvalue weighted by Gasteiger charge is -2.41. The summed E-state index contributed by atoms with van der Waals surface area (Å²) in [5.74, 6) is 1.87. The van der Waals surface area contributed by atoms with Crippen LogP contribution >= 0.6 is 22.6 Å². The molecule has 1 aliphatic heterocycles. The van der Waals surface area contributed by atoms with Crippen molar-refractivity contribution in [1.82, 2.24) is 4.90 Å². The lowest BCUT2D eigenvalue weighted by atomic mass is 9.75. The van der Waals surface area contributed by atoms with Crippen molar-refractivity contribution < 1.29 is 4.79 Å². The third kappa shape index (κ3) is 3.97. The van der Waals surface area contributed by atoms with Gasteiger partial charge >= 0.3 is 0 Å². The molecule has 0 unspecified atom stereocenters. The van der Waals surface area contributed by atoms with Gasteiger partial charge in [0.15, 0.2) is 0 Å². The minimum Gasteiger partial charge on any atom is -0.324 e. The fourth-order valence-corrected chi connectivity index (χ4v) is 4.30. The quantitative estimate of drug-likeness (QED) is 0.787. The highest BCUT2D eigenvalue weighted by Gasteiger charge is 2.31. The molecular formula is C17H23IN2O. The van der Waals surface area contributed by atoms with E-state index in [1.165, 1.54) is 32.1 Å². The first-order chi connectivity index (χ1) is 10.2. The van der Waals surface area contributed by atoms with Crippen molar-refractivity contribution in [3.8, 4) is 0 Å². The maximum absolute atomic E-state index is 12.2. The number of nitrogens with one attached hydrogen (secondary N) is 1. The third-order valence-electron chi connectivity index (χ3n) is 4.89. The van der Waals surface area contributed by atoms with Crippen LogP contribution in [0.1, 0.15) is 32.1 Å². The predicted molar refractivity (Wildman–Crippen MR) is 94.3 cm³/mol. The van der Waals surface area contributed by atoms with Gasteiger partial charge < -0.3 is 5.32 Å². The third-order valence-corrected chi connectivity index (χ3v) is 5.83. The van der Waals surface area contributed by atoms with Crippen LogP contribution in [-0.2, 0) is 4.79 Å². The van der Waals surface area contributed by atoms with Gasteiger partial charge in [-0.2, -0.15) is 0 Å². The molecule has 0 spiro atoms. The SMILES string of the molecule is O=C(CN1CC[C@H]2CCCC[C@@H]2C1)Nc1ccccc1I. The number of amides is 1. The Labute approximate surface area is 140 Å². The fraction of sp³-hybridized carbons (Fsp3) is 0.588. The number of benzene rings is 1. The topological polar surface area (TPSA) is 32.3 Å². The van der Waals surface area contributed by atoms with Crippen LogP contribution in [0.2, 0.25) is 0 Å². The highest BCUT2D eigenvalue weighted by Crippen LogP contribution is 2.35. The van der Waals surface area contributed by atoms with Crippen LogP contribution in [0.3, 0.4) is 0 Å². The highest BCUT2D eigenvalue weighted by molar-refractivity contribution is 14.1. The number of carbonyl (C=O) groups is 1. The van der Waals surface area contributed by atoms with Gasteiger partial charge in [0.1, 0.15) is 0 Å². The van der Waals surface area contributed by atoms with E-state index < -0.39 is 0 Å². The number of fused-ring (bicyclic) bond motifs is 1. The second-order valence-electron chi connectivity index (χ2n) is 6.36. The first-order valence-corrected chi connectivity index (χ1v) is 9.07. The maximum atomic E-state index is 12.2. The van der Waals surface area contributed by atoms with Crippen LogP contribution in [0.4, 0.5) is 5.69 Å². The molecule has 3 rings (SSSR count). The molecule has 21 heavy (non-hydrogen) atoms. The minimum atomic E-state index is 0.119. The first kappa shape index (κ1) is 15.3. The Morgan fingerprint density at radius 3 is 2.76 bits per heavy atom. The Balaban J connectivity index is 1.52. The summed E-state index contributed by atoms with van der Waals surface area (Å²) in [6.07, 6.45) is 6.84. The Morgan fingerprint density at radius 1 is 1.19 bits per heavy atom. The van der Waals surface area contributed by atoms with Gasteiger partial charge in [-0.3, -0.25) is 9.69 Å². The molecule has 2 aliphatic rings. The van der Waals surface area contributed by atoms with Crippen LogP contribution in [0.5, 0.6) is 0 Å². The molecular weight excluding hydrogens is 375 g/mol. The smallest absolute Gasteiger partial charge is 0.238 e. The van der Waals surface area contributed by atoms with Crippen LogP contribution in [0.15, 0.2) is 24.3 Å². The van der Waals surface area contributed by atoms with Gasteiger partial charge in [-0.05, 0) is 65.9 Å². The monoisotopic (exact) mass is 398 g/mol. The summed E-state index contributed by atoms with van der Waals surface area (Å²) in [6.45, 7) is 2.73. The molecule has 3 nitrogen and oxygen atoms in total. The van der Waals surface area contributed by atoms with Gasteiger partial charge in [0.25, 0.3) is 0 Å². The van der Waals surface area contributed by atoms with Crippen molar-refractivity contribution in [1.29, 1.82) is 0 Å². The van der Waals surface area contributed by atoms with E-state index in [9.17, 15) is 4.79 Å². The number of para-hydroxylation sites is 1. The number of hydrogen-bond acceptors (Lipinski definition) is 2. The number of likely N-dealkylation sites (tertiary alicyclic amines) is 1. The number of anilines is 1. The van der Waals surface area contributed by atoms with E-state index >= 15 is 0 Å². The molecule has 1 aromatic rings. The van der Waals surface area contributed by atoms with Crippen molar-refractivity contribution in [3.63, 3.8) is 0 Å². The lowest BCUT2D eigenvalue weighted by Crippen LogP contribution is -2.44. The van der Waals surface area contributed by atoms with E-state index in [0.29, 0.717) is 6.54 Å². The zero-order valence-corrected chi connectivity index (χ0v) is 14.5. The van der Waals surface area contributed by atoms with E-state index in [0.717, 1.165) is 34.2 Å². The Hall–Kier alpha value is -0.620. The first-order valence-electron chi connectivity index (χ1n) is 7.99. The maximum Gasteiger partial charge on any atom is 0.238 e. The van der Waals surface area contributed by atoms with Gasteiger partial charge in [-0.25, -0.2) is 0 Å². The largest absolute Gasteiger partial charge is 0.324 e. The fourth-order valence-electron chi connectivity index (χ4n) is 3.78. The highest BCUT2D eigenvalue weighted by atomic mass is 127. The Morgan fingerprint density at radius 2 is 1.95 bits per heavy atom. The molecule has 1 amide bonds. The second-order valence-corrected chi connectivity index (χ2v) is 7.52. The molecule has 0 aromatic heterocycles. The van der Waals surface area contributed by atoms with Crippen LogP contribution < -0.4 is 5.32 Å². The second kappa shape index (κ2) is 7.09. The number of nitrogens with zero attached hydrogens (tertiary/aromatic N) is 1. The van der Waals surface area contributed by atoms with Gasteiger partial charge in [-0.15, -0.1) is 0 Å². The summed E-state index contributed by atoms with van der Waals surface area (Å²) in [6, 6.07) is 7.94. The molecule has 4 heteroatoms. The van der Waals surface area contributed by atoms with E-state index in [1.54, 1.807) is 0 Å². The summed E-state index contributed by atoms with van der Waals surface area (Å²) < 4.78 is 1.09. The molecule has 2 atom stereocenters. The van der Waals surface area contributed by atoms with Gasteiger partial charge in [-0.1, -0.05) is 31.4 Å². The zero-order valence-electron chi connectivity index (χ0n) is 12.4. The van der Waals surface area contributed by atoms with Crippen molar-refractivity contribution >= 4 is 34.2 Å². The van der Waals surface area contributed by atoms with Crippen molar-refractivity contribution in [2.45, 2.75) is 32.1 Å². The molecule has 1 saturated carbocycles. The molecule has 2 fully saturated rings. The standard InChI is InChI=1S/C17H23IN2O/c18-15-7-3-4-8-16(15)19-17(21)12-20-10-9-13-5-1-2-6-14(13)11-20/h3-4,7-8,13-14H,1-2,5-6,9-12H2,(H,19,21)/t13-,14-/m1/s1. The summed E-state index contributed by atoms with van der Waals surface area (Å²) in [5.41, 5.74) is 0.927. The average molecular weight is 398 g/mol. The predicted octanol–water partition coefficient (Wildman–Crippen LogP) is 3.74. The molecule has 1 saturated heterocycles. The minimum absolute atomic E-state index is 0.119. The lowest BCUT2D eigenvalue weighted by molar-refractivity contribution is -0.118. The summed E-state index contributed by atoms with van der Waals surface area (Å²) in [5, 5.41) is 3.04. The molecule has 1 aromatic carbocycles. The average Bonchev–Trinajstić information content (AvgIpc) is 2.49. The Kier molecular flexibility index (Phi) is 5.16. The molecule has 1 heterocycles. The van der Waals surface area contributed by atoms with E-state index in [4.69, 9.17) is 0 Å². The van der Waals surface area contributed by atoms with Crippen LogP contribution in [0.25, 0.3) is 0 Å². The number of rotatable bonds is 3. The molecule has 0 bridgehead atoms. The molecule has 114 valence electrons. The van der Waals surface area contributed by atoms with Crippen LogP contribution in [-0.4, -0.2) is 30.4 Å². The van der Waals surface area contributed by atoms with Crippen molar-refractivity contribution in [2.24, 2.45) is 11.8 Å². The van der Waals surface area contributed by atoms with Gasteiger partial charge in [0.2, 0.25) is 5.91 Å². The van der Waals surface area contributed by atoms with E-state index in [2.05, 4.69) is 32.8 Å². The van der Waals surface area contributed by atoms with E-state index in [1.807, 2.05) is 24.3 Å². The number of hydrogen-bond donors (Lipinski definition) is 1. The molecule has 1 N–H and O–H groups in total. The number of halogens is 1. The van der Waals surface area contributed by atoms with Crippen molar-refractivity contribution in [3.05, 3.63) is 27.8 Å². The summed E-state index contributed by atoms with van der Waals surface area (Å²) >= 11 is 2.26. The summed E-state index contributed by atoms with van der Waals surface area (Å²) in [4.78, 5) is 14.6.